The molecular formula is C27H34N2O5. The maximum atomic E-state index is 12.7. The summed E-state index contributed by atoms with van der Waals surface area (Å²) in [5, 5.41) is 11.7. The fraction of sp³-hybridized carbons (Fsp3) is 0.444. The van der Waals surface area contributed by atoms with E-state index in [4.69, 9.17) is 9.84 Å². The molecule has 3 rings (SSSR count). The first-order valence-electron chi connectivity index (χ1n) is 11.8. The minimum Gasteiger partial charge on any atom is -0.481 e. The van der Waals surface area contributed by atoms with Crippen molar-refractivity contribution >= 4 is 18.0 Å². The molecule has 0 aromatic heterocycles. The molecule has 182 valence electrons. The molecule has 0 aliphatic heterocycles. The van der Waals surface area contributed by atoms with Crippen molar-refractivity contribution in [3.8, 4) is 11.1 Å². The summed E-state index contributed by atoms with van der Waals surface area (Å²) < 4.78 is 5.58. The second kappa shape index (κ2) is 11.2. The number of benzene rings is 2. The smallest absolute Gasteiger partial charge is 0.407 e. The highest BCUT2D eigenvalue weighted by molar-refractivity contribution is 5.79. The van der Waals surface area contributed by atoms with Gasteiger partial charge in [-0.05, 0) is 34.1 Å². The van der Waals surface area contributed by atoms with Crippen molar-refractivity contribution in [3.05, 3.63) is 59.7 Å². The zero-order chi connectivity index (χ0) is 24.7. The molecule has 2 amide bonds. The Bertz CT molecular complexity index is 988. The predicted octanol–water partition coefficient (Wildman–Crippen LogP) is 4.65. The lowest BCUT2D eigenvalue weighted by Crippen LogP contribution is -2.40. The van der Waals surface area contributed by atoms with Crippen LogP contribution < -0.4 is 5.32 Å². The molecule has 0 fully saturated rings. The Hall–Kier alpha value is -3.35. The van der Waals surface area contributed by atoms with Gasteiger partial charge in [-0.15, -0.1) is 0 Å². The van der Waals surface area contributed by atoms with Crippen LogP contribution in [-0.2, 0) is 14.3 Å². The molecule has 0 heterocycles. The molecule has 1 aliphatic carbocycles. The van der Waals surface area contributed by atoms with E-state index in [1.165, 1.54) is 11.1 Å². The zero-order valence-corrected chi connectivity index (χ0v) is 20.2. The van der Waals surface area contributed by atoms with Crippen LogP contribution >= 0.6 is 0 Å². The number of carboxylic acids is 1. The van der Waals surface area contributed by atoms with Crippen LogP contribution in [0.4, 0.5) is 4.79 Å². The maximum Gasteiger partial charge on any atom is 0.407 e. The number of hydrogen-bond acceptors (Lipinski definition) is 4. The third kappa shape index (κ3) is 6.37. The minimum absolute atomic E-state index is 0.00965. The summed E-state index contributed by atoms with van der Waals surface area (Å²) in [4.78, 5) is 37.7. The molecule has 7 nitrogen and oxygen atoms in total. The SMILES string of the molecule is CCCN(CCC(=O)O)C(=O)CC(C)(C)CNC(=O)OCC1c2ccccc2-c2ccccc21. The van der Waals surface area contributed by atoms with Crippen molar-refractivity contribution in [1.82, 2.24) is 10.2 Å². The van der Waals surface area contributed by atoms with Crippen LogP contribution in [0.15, 0.2) is 48.5 Å². The number of aliphatic carboxylic acids is 1. The minimum atomic E-state index is -0.926. The van der Waals surface area contributed by atoms with Gasteiger partial charge in [0.15, 0.2) is 0 Å². The van der Waals surface area contributed by atoms with Gasteiger partial charge in [-0.1, -0.05) is 69.3 Å². The van der Waals surface area contributed by atoms with Gasteiger partial charge in [-0.3, -0.25) is 9.59 Å². The van der Waals surface area contributed by atoms with Crippen molar-refractivity contribution < 1.29 is 24.2 Å². The number of nitrogens with zero attached hydrogens (tertiary/aromatic N) is 1. The van der Waals surface area contributed by atoms with Crippen LogP contribution in [0.25, 0.3) is 11.1 Å². The second-order valence-corrected chi connectivity index (χ2v) is 9.54. The molecule has 0 bridgehead atoms. The van der Waals surface area contributed by atoms with Gasteiger partial charge in [0.2, 0.25) is 5.91 Å². The van der Waals surface area contributed by atoms with Gasteiger partial charge in [0, 0.05) is 32.0 Å². The molecule has 0 saturated carbocycles. The number of alkyl carbamates (subject to hydrolysis) is 1. The first kappa shape index (κ1) is 25.3. The molecule has 2 aromatic carbocycles. The van der Waals surface area contributed by atoms with Crippen molar-refractivity contribution in [2.45, 2.75) is 46.0 Å². The average molecular weight is 467 g/mol. The Labute approximate surface area is 201 Å². The van der Waals surface area contributed by atoms with Crippen LogP contribution in [0.3, 0.4) is 0 Å². The third-order valence-electron chi connectivity index (χ3n) is 6.13. The number of rotatable bonds is 11. The number of amides is 2. The topological polar surface area (TPSA) is 95.9 Å². The van der Waals surface area contributed by atoms with Crippen LogP contribution in [0.2, 0.25) is 0 Å². The lowest BCUT2D eigenvalue weighted by molar-refractivity contribution is -0.139. The van der Waals surface area contributed by atoms with E-state index in [-0.39, 0.29) is 44.4 Å². The Morgan fingerprint density at radius 1 is 1.00 bits per heavy atom. The van der Waals surface area contributed by atoms with Crippen molar-refractivity contribution in [3.63, 3.8) is 0 Å². The molecule has 2 N–H and O–H groups in total. The normalized spacial score (nSPS) is 12.6. The fourth-order valence-electron chi connectivity index (χ4n) is 4.41. The zero-order valence-electron chi connectivity index (χ0n) is 20.2. The average Bonchev–Trinajstić information content (AvgIpc) is 3.12. The van der Waals surface area contributed by atoms with E-state index in [1.807, 2.05) is 45.0 Å². The molecule has 0 atom stereocenters. The molecule has 0 spiro atoms. The Morgan fingerprint density at radius 2 is 1.59 bits per heavy atom. The van der Waals surface area contributed by atoms with Crippen molar-refractivity contribution in [2.75, 3.05) is 26.2 Å². The summed E-state index contributed by atoms with van der Waals surface area (Å²) in [5.41, 5.74) is 4.15. The first-order chi connectivity index (χ1) is 16.2. The third-order valence-corrected chi connectivity index (χ3v) is 6.13. The standard InChI is InChI=1S/C27H34N2O5/c1-4-14-29(15-13-25(31)32)24(30)16-27(2,3)18-28-26(33)34-17-23-21-11-7-5-9-19(21)20-10-6-8-12-22(20)23/h5-12,23H,4,13-18H2,1-3H3,(H,28,33)(H,31,32). The summed E-state index contributed by atoms with van der Waals surface area (Å²) in [6.45, 7) is 6.96. The highest BCUT2D eigenvalue weighted by atomic mass is 16.5. The summed E-state index contributed by atoms with van der Waals surface area (Å²) >= 11 is 0. The van der Waals surface area contributed by atoms with Gasteiger partial charge in [0.25, 0.3) is 0 Å². The number of carbonyl (C=O) groups is 3. The van der Waals surface area contributed by atoms with E-state index < -0.39 is 17.5 Å². The number of fused-ring (bicyclic) bond motifs is 3. The van der Waals surface area contributed by atoms with Gasteiger partial charge >= 0.3 is 12.1 Å². The van der Waals surface area contributed by atoms with Gasteiger partial charge in [-0.2, -0.15) is 0 Å². The van der Waals surface area contributed by atoms with Crippen molar-refractivity contribution in [1.29, 1.82) is 0 Å². The quantitative estimate of drug-likeness (QED) is 0.502. The van der Waals surface area contributed by atoms with Crippen LogP contribution in [0, 0.1) is 5.41 Å². The molecule has 0 unspecified atom stereocenters. The highest BCUT2D eigenvalue weighted by Gasteiger charge is 2.30. The lowest BCUT2D eigenvalue weighted by atomic mass is 9.88. The summed E-state index contributed by atoms with van der Waals surface area (Å²) in [6, 6.07) is 16.3. The highest BCUT2D eigenvalue weighted by Crippen LogP contribution is 2.44. The molecule has 2 aromatic rings. The molecule has 1 aliphatic rings. The fourth-order valence-corrected chi connectivity index (χ4v) is 4.41. The van der Waals surface area contributed by atoms with Gasteiger partial charge in [0.1, 0.15) is 6.61 Å². The van der Waals surface area contributed by atoms with Crippen molar-refractivity contribution in [2.24, 2.45) is 5.41 Å². The summed E-state index contributed by atoms with van der Waals surface area (Å²) in [7, 11) is 0. The number of ether oxygens (including phenoxy) is 1. The van der Waals surface area contributed by atoms with Crippen LogP contribution in [-0.4, -0.2) is 54.2 Å². The summed E-state index contributed by atoms with van der Waals surface area (Å²) in [5.74, 6) is -1.04. The van der Waals surface area contributed by atoms with Gasteiger partial charge < -0.3 is 20.1 Å². The molecule has 0 saturated heterocycles. The molecular weight excluding hydrogens is 432 g/mol. The Balaban J connectivity index is 1.52. The lowest BCUT2D eigenvalue weighted by Gasteiger charge is -2.29. The van der Waals surface area contributed by atoms with E-state index in [0.717, 1.165) is 17.5 Å². The van der Waals surface area contributed by atoms with E-state index in [9.17, 15) is 14.4 Å². The number of carboxylic acid groups (broad SMARTS) is 1. The molecule has 34 heavy (non-hydrogen) atoms. The van der Waals surface area contributed by atoms with E-state index in [0.29, 0.717) is 6.54 Å². The molecule has 0 radical (unpaired) electrons. The Kier molecular flexibility index (Phi) is 8.31. The predicted molar refractivity (Wildman–Crippen MR) is 131 cm³/mol. The van der Waals surface area contributed by atoms with E-state index in [2.05, 4.69) is 29.6 Å². The van der Waals surface area contributed by atoms with Crippen LogP contribution in [0.1, 0.15) is 57.1 Å². The van der Waals surface area contributed by atoms with E-state index in [1.54, 1.807) is 4.90 Å². The van der Waals surface area contributed by atoms with E-state index >= 15 is 0 Å². The number of hydrogen-bond donors (Lipinski definition) is 2. The van der Waals surface area contributed by atoms with Crippen LogP contribution in [0.5, 0.6) is 0 Å². The van der Waals surface area contributed by atoms with Gasteiger partial charge in [-0.25, -0.2) is 4.79 Å². The first-order valence-corrected chi connectivity index (χ1v) is 11.8. The summed E-state index contributed by atoms with van der Waals surface area (Å²) in [6.07, 6.45) is 0.364. The second-order valence-electron chi connectivity index (χ2n) is 9.54. The Morgan fingerprint density at radius 3 is 2.15 bits per heavy atom. The maximum absolute atomic E-state index is 12.7. The number of nitrogens with one attached hydrogen (secondary N) is 1. The molecule has 7 heteroatoms. The largest absolute Gasteiger partial charge is 0.481 e. The van der Waals surface area contributed by atoms with Gasteiger partial charge in [0.05, 0.1) is 6.42 Å². The monoisotopic (exact) mass is 466 g/mol. The number of carbonyl (C=O) groups excluding carboxylic acids is 2.